The first kappa shape index (κ1) is 17.7. The quantitative estimate of drug-likeness (QED) is 0.740. The number of nitrogens with one attached hydrogen (secondary N) is 1. The Kier molecular flexibility index (Phi) is 5.54. The summed E-state index contributed by atoms with van der Waals surface area (Å²) in [4.78, 5) is -0.526. The van der Waals surface area contributed by atoms with Gasteiger partial charge in [-0.1, -0.05) is 6.07 Å². The van der Waals surface area contributed by atoms with Gasteiger partial charge in [0.05, 0.1) is 20.3 Å². The Hall–Kier alpha value is -1.39. The number of aliphatic hydroxyl groups excluding tert-OH is 1. The molecule has 0 spiro atoms. The number of benzene rings is 1. The normalized spacial score (nSPS) is 12.7. The van der Waals surface area contributed by atoms with Gasteiger partial charge in [-0.25, -0.2) is 21.9 Å². The zero-order valence-corrected chi connectivity index (χ0v) is 11.6. The van der Waals surface area contributed by atoms with Crippen LogP contribution in [0, 0.1) is 0 Å². The van der Waals surface area contributed by atoms with E-state index in [0.29, 0.717) is 0 Å². The maximum absolute atomic E-state index is 12.8. The van der Waals surface area contributed by atoms with Crippen molar-refractivity contribution >= 4 is 10.0 Å². The number of halogens is 4. The SMILES string of the molecule is COc1ccc(CO)cc1S(=O)(=O)NCC(F)(F)C(F)F. The lowest BCUT2D eigenvalue weighted by atomic mass is 10.2. The lowest BCUT2D eigenvalue weighted by molar-refractivity contribution is -0.122. The van der Waals surface area contributed by atoms with E-state index < -0.39 is 40.4 Å². The molecule has 0 aromatic heterocycles. The third kappa shape index (κ3) is 4.29. The third-order valence-corrected chi connectivity index (χ3v) is 3.94. The molecule has 0 unspecified atom stereocenters. The van der Waals surface area contributed by atoms with Crippen molar-refractivity contribution in [1.82, 2.24) is 4.72 Å². The molecule has 5 nitrogen and oxygen atoms in total. The summed E-state index contributed by atoms with van der Waals surface area (Å²) in [7, 11) is -3.35. The molecule has 120 valence electrons. The van der Waals surface area contributed by atoms with Crippen LogP contribution in [0.5, 0.6) is 5.75 Å². The number of sulfonamides is 1. The summed E-state index contributed by atoms with van der Waals surface area (Å²) < 4.78 is 79.5. The summed E-state index contributed by atoms with van der Waals surface area (Å²) >= 11 is 0. The summed E-state index contributed by atoms with van der Waals surface area (Å²) in [5.74, 6) is -4.66. The topological polar surface area (TPSA) is 75.6 Å². The maximum Gasteiger partial charge on any atom is 0.320 e. The number of rotatable bonds is 7. The second-order valence-electron chi connectivity index (χ2n) is 4.03. The Labute approximate surface area is 118 Å². The summed E-state index contributed by atoms with van der Waals surface area (Å²) in [6.45, 7) is -2.24. The number of alkyl halides is 4. The van der Waals surface area contributed by atoms with Gasteiger partial charge in [-0.05, 0) is 17.7 Å². The van der Waals surface area contributed by atoms with Gasteiger partial charge in [0.2, 0.25) is 10.0 Å². The summed E-state index contributed by atoms with van der Waals surface area (Å²) in [5, 5.41) is 8.95. The molecule has 0 bridgehead atoms. The number of hydrogen-bond donors (Lipinski definition) is 2. The van der Waals surface area contributed by atoms with Crippen LogP contribution in [0.2, 0.25) is 0 Å². The molecule has 1 aromatic carbocycles. The molecule has 21 heavy (non-hydrogen) atoms. The molecular formula is C11H13F4NO4S. The van der Waals surface area contributed by atoms with Gasteiger partial charge < -0.3 is 9.84 Å². The standard InChI is InChI=1S/C11H13F4NO4S/c1-20-8-3-2-7(5-17)4-9(8)21(18,19)16-6-11(14,15)10(12)13/h2-4,10,16-17H,5-6H2,1H3. The van der Waals surface area contributed by atoms with E-state index in [1.165, 1.54) is 16.9 Å². The maximum atomic E-state index is 12.8. The number of ether oxygens (including phenoxy) is 1. The van der Waals surface area contributed by atoms with Gasteiger partial charge in [0.25, 0.3) is 0 Å². The van der Waals surface area contributed by atoms with Crippen LogP contribution in [-0.2, 0) is 16.6 Å². The fourth-order valence-electron chi connectivity index (χ4n) is 1.38. The van der Waals surface area contributed by atoms with E-state index >= 15 is 0 Å². The average Bonchev–Trinajstić information content (AvgIpc) is 2.44. The Balaban J connectivity index is 3.08. The van der Waals surface area contributed by atoms with Crippen molar-refractivity contribution in [1.29, 1.82) is 0 Å². The molecule has 0 atom stereocenters. The number of aliphatic hydroxyl groups is 1. The van der Waals surface area contributed by atoms with Gasteiger partial charge in [-0.3, -0.25) is 0 Å². The molecule has 0 radical (unpaired) electrons. The third-order valence-electron chi connectivity index (χ3n) is 2.52. The van der Waals surface area contributed by atoms with Gasteiger partial charge in [0.15, 0.2) is 0 Å². The summed E-state index contributed by atoms with van der Waals surface area (Å²) in [6.07, 6.45) is -3.99. The van der Waals surface area contributed by atoms with Crippen LogP contribution in [0.15, 0.2) is 23.1 Å². The van der Waals surface area contributed by atoms with Crippen LogP contribution in [-0.4, -0.2) is 39.5 Å². The molecule has 1 aromatic rings. The summed E-state index contributed by atoms with van der Waals surface area (Å²) in [5.41, 5.74) is 0.191. The largest absolute Gasteiger partial charge is 0.495 e. The van der Waals surface area contributed by atoms with E-state index in [1.54, 1.807) is 0 Å². The minimum absolute atomic E-state index is 0.167. The fraction of sp³-hybridized carbons (Fsp3) is 0.455. The van der Waals surface area contributed by atoms with Crippen molar-refractivity contribution in [3.8, 4) is 5.75 Å². The molecule has 0 amide bonds. The van der Waals surface area contributed by atoms with Crippen LogP contribution < -0.4 is 9.46 Å². The van der Waals surface area contributed by atoms with Crippen LogP contribution in [0.1, 0.15) is 5.56 Å². The van der Waals surface area contributed by atoms with E-state index in [2.05, 4.69) is 0 Å². The zero-order chi connectivity index (χ0) is 16.3. The second kappa shape index (κ2) is 6.58. The highest BCUT2D eigenvalue weighted by Gasteiger charge is 2.41. The Morgan fingerprint density at radius 3 is 2.48 bits per heavy atom. The Morgan fingerprint density at radius 1 is 1.38 bits per heavy atom. The van der Waals surface area contributed by atoms with E-state index in [1.807, 2.05) is 0 Å². The zero-order valence-electron chi connectivity index (χ0n) is 10.8. The molecule has 0 heterocycles. The van der Waals surface area contributed by atoms with E-state index in [-0.39, 0.29) is 11.3 Å². The molecule has 0 saturated heterocycles. The van der Waals surface area contributed by atoms with Crippen LogP contribution in [0.3, 0.4) is 0 Å². The van der Waals surface area contributed by atoms with Crippen molar-refractivity contribution in [2.75, 3.05) is 13.7 Å². The lowest BCUT2D eigenvalue weighted by Crippen LogP contribution is -2.41. The molecule has 0 aliphatic heterocycles. The monoisotopic (exact) mass is 331 g/mol. The predicted molar refractivity (Wildman–Crippen MR) is 65.1 cm³/mol. The molecule has 0 fully saturated rings. The highest BCUT2D eigenvalue weighted by Crippen LogP contribution is 2.26. The van der Waals surface area contributed by atoms with Crippen LogP contribution in [0.4, 0.5) is 17.6 Å². The molecule has 0 aliphatic carbocycles. The van der Waals surface area contributed by atoms with Gasteiger partial charge in [-0.2, -0.15) is 8.78 Å². The van der Waals surface area contributed by atoms with Crippen LogP contribution >= 0.6 is 0 Å². The second-order valence-corrected chi connectivity index (χ2v) is 5.76. The molecule has 0 aliphatic rings. The van der Waals surface area contributed by atoms with Crippen molar-refractivity contribution in [2.45, 2.75) is 23.9 Å². The van der Waals surface area contributed by atoms with Gasteiger partial charge >= 0.3 is 12.3 Å². The first-order valence-corrected chi connectivity index (χ1v) is 7.06. The minimum Gasteiger partial charge on any atom is -0.495 e. The molecule has 2 N–H and O–H groups in total. The van der Waals surface area contributed by atoms with Crippen LogP contribution in [0.25, 0.3) is 0 Å². The van der Waals surface area contributed by atoms with Gasteiger partial charge in [-0.15, -0.1) is 0 Å². The first-order valence-electron chi connectivity index (χ1n) is 5.57. The molecule has 1 rings (SSSR count). The Morgan fingerprint density at radius 2 is 2.00 bits per heavy atom. The predicted octanol–water partition coefficient (Wildman–Crippen LogP) is 1.37. The van der Waals surface area contributed by atoms with Crippen molar-refractivity contribution in [2.24, 2.45) is 0 Å². The smallest absolute Gasteiger partial charge is 0.320 e. The van der Waals surface area contributed by atoms with E-state index in [0.717, 1.165) is 13.2 Å². The first-order chi connectivity index (χ1) is 9.64. The van der Waals surface area contributed by atoms with E-state index in [9.17, 15) is 26.0 Å². The van der Waals surface area contributed by atoms with Crippen molar-refractivity contribution in [3.05, 3.63) is 23.8 Å². The van der Waals surface area contributed by atoms with Gasteiger partial charge in [0, 0.05) is 0 Å². The number of hydrogen-bond acceptors (Lipinski definition) is 4. The van der Waals surface area contributed by atoms with Crippen molar-refractivity contribution < 1.29 is 35.8 Å². The lowest BCUT2D eigenvalue weighted by Gasteiger charge is -2.17. The summed E-state index contributed by atoms with van der Waals surface area (Å²) in [6, 6.07) is 3.58. The average molecular weight is 331 g/mol. The minimum atomic E-state index is -4.50. The molecular weight excluding hydrogens is 318 g/mol. The highest BCUT2D eigenvalue weighted by molar-refractivity contribution is 7.89. The molecule has 0 saturated carbocycles. The Bertz CT molecular complexity index is 592. The van der Waals surface area contributed by atoms with Crippen molar-refractivity contribution in [3.63, 3.8) is 0 Å². The highest BCUT2D eigenvalue weighted by atomic mass is 32.2. The molecule has 10 heteroatoms. The number of methoxy groups -OCH3 is 1. The fourth-order valence-corrected chi connectivity index (χ4v) is 2.64. The van der Waals surface area contributed by atoms with E-state index in [4.69, 9.17) is 9.84 Å². The van der Waals surface area contributed by atoms with Gasteiger partial charge in [0.1, 0.15) is 10.6 Å².